The number of ether oxygens (including phenoxy) is 6. The Balaban J connectivity index is 1.04. The highest BCUT2D eigenvalue weighted by molar-refractivity contribution is 6.41. The Bertz CT molecular complexity index is 1940. The fourth-order valence-corrected chi connectivity index (χ4v) is 7.66. The van der Waals surface area contributed by atoms with E-state index in [9.17, 15) is 19.2 Å². The summed E-state index contributed by atoms with van der Waals surface area (Å²) in [5, 5.41) is 6.22. The van der Waals surface area contributed by atoms with Gasteiger partial charge in [0.25, 0.3) is 23.6 Å². The van der Waals surface area contributed by atoms with Gasteiger partial charge in [-0.2, -0.15) is 0 Å². The van der Waals surface area contributed by atoms with Crippen molar-refractivity contribution in [3.8, 4) is 0 Å². The lowest BCUT2D eigenvalue weighted by Gasteiger charge is -2.30. The van der Waals surface area contributed by atoms with Crippen LogP contribution in [0.25, 0.3) is 43.1 Å². The lowest BCUT2D eigenvalue weighted by molar-refractivity contribution is 0.0103. The third kappa shape index (κ3) is 7.87. The van der Waals surface area contributed by atoms with E-state index >= 15 is 0 Å². The molecule has 0 radical (unpaired) electrons. The molecule has 12 nitrogen and oxygen atoms in total. The molecule has 4 amide bonds. The van der Waals surface area contributed by atoms with Crippen molar-refractivity contribution in [1.29, 1.82) is 0 Å². The van der Waals surface area contributed by atoms with Crippen molar-refractivity contribution in [2.45, 2.75) is 39.5 Å². The van der Waals surface area contributed by atoms with E-state index < -0.39 is 0 Å². The quantitative estimate of drug-likeness (QED) is 0.0292. The van der Waals surface area contributed by atoms with Gasteiger partial charge in [-0.1, -0.05) is 51.0 Å². The van der Waals surface area contributed by atoms with E-state index in [1.54, 1.807) is 24.3 Å². The van der Waals surface area contributed by atoms with Gasteiger partial charge in [0.15, 0.2) is 0 Å². The molecule has 0 bridgehead atoms. The second kappa shape index (κ2) is 18.6. The number of unbranched alkanes of at least 4 members (excludes halogenated alkanes) is 2. The minimum Gasteiger partial charge on any atom is -0.379 e. The molecule has 7 rings (SSSR count). The second-order valence-corrected chi connectivity index (χ2v) is 14.0. The molecule has 2 aliphatic rings. The van der Waals surface area contributed by atoms with E-state index in [1.807, 2.05) is 24.3 Å². The zero-order valence-electron chi connectivity index (χ0n) is 32.3. The number of benzene rings is 5. The standard InChI is InChI=1S/C44H50N2O10/c1-3-5-17-51-21-25-55-27-23-53-19-15-45-41(47)33-11-7-29-31-9-13-35-40-36(14-10-32(38(31)40)30-8-12-34(42(45)48)39(33)37(29)30)44(50)46(43(35)49)16-20-54-24-28-56-26-22-52-18-6-4-2/h7-14H,3-6,15-28H2,1-2H3. The van der Waals surface area contributed by atoms with Crippen LogP contribution in [-0.4, -0.2) is 126 Å². The zero-order valence-corrected chi connectivity index (χ0v) is 32.3. The number of hydrogen-bond donors (Lipinski definition) is 0. The Morgan fingerprint density at radius 1 is 0.357 bits per heavy atom. The molecule has 296 valence electrons. The first kappa shape index (κ1) is 39.7. The fourth-order valence-electron chi connectivity index (χ4n) is 7.66. The Labute approximate surface area is 326 Å². The molecule has 0 aliphatic carbocycles. The van der Waals surface area contributed by atoms with Gasteiger partial charge in [-0.05, 0) is 69.4 Å². The summed E-state index contributed by atoms with van der Waals surface area (Å²) in [7, 11) is 0. The van der Waals surface area contributed by atoms with Crippen LogP contribution in [0.3, 0.4) is 0 Å². The molecule has 5 aromatic carbocycles. The number of carbonyl (C=O) groups excluding carboxylic acids is 4. The number of carbonyl (C=O) groups is 4. The third-order valence-corrected chi connectivity index (χ3v) is 10.5. The first-order valence-electron chi connectivity index (χ1n) is 19.9. The van der Waals surface area contributed by atoms with Gasteiger partial charge in [0.05, 0.1) is 79.2 Å². The topological polar surface area (TPSA) is 130 Å². The molecule has 2 aliphatic heterocycles. The molecule has 0 aromatic heterocycles. The highest BCUT2D eigenvalue weighted by atomic mass is 16.5. The van der Waals surface area contributed by atoms with Crippen LogP contribution in [0.2, 0.25) is 0 Å². The molecule has 2 heterocycles. The summed E-state index contributed by atoms with van der Waals surface area (Å²) in [6.45, 7) is 9.83. The maximum absolute atomic E-state index is 13.8. The monoisotopic (exact) mass is 766 g/mol. The van der Waals surface area contributed by atoms with Gasteiger partial charge < -0.3 is 28.4 Å². The number of rotatable bonds is 24. The summed E-state index contributed by atoms with van der Waals surface area (Å²) < 4.78 is 33.5. The van der Waals surface area contributed by atoms with Crippen molar-refractivity contribution in [2.75, 3.05) is 92.4 Å². The average Bonchev–Trinajstić information content (AvgIpc) is 3.21. The second-order valence-electron chi connectivity index (χ2n) is 14.0. The summed E-state index contributed by atoms with van der Waals surface area (Å²) >= 11 is 0. The predicted molar refractivity (Wildman–Crippen MR) is 213 cm³/mol. The summed E-state index contributed by atoms with van der Waals surface area (Å²) in [5.41, 5.74) is 1.80. The maximum Gasteiger partial charge on any atom is 0.261 e. The lowest BCUT2D eigenvalue weighted by Crippen LogP contribution is -2.42. The number of amides is 4. The van der Waals surface area contributed by atoms with Crippen LogP contribution in [0.1, 0.15) is 81.0 Å². The molecular formula is C44H50N2O10. The Kier molecular flexibility index (Phi) is 13.2. The van der Waals surface area contributed by atoms with Gasteiger partial charge in [-0.15, -0.1) is 0 Å². The average molecular weight is 767 g/mol. The van der Waals surface area contributed by atoms with Crippen LogP contribution in [0.15, 0.2) is 48.5 Å². The molecule has 56 heavy (non-hydrogen) atoms. The van der Waals surface area contributed by atoms with Crippen molar-refractivity contribution in [3.05, 3.63) is 70.8 Å². The zero-order chi connectivity index (χ0) is 39.0. The molecular weight excluding hydrogens is 716 g/mol. The van der Waals surface area contributed by atoms with Gasteiger partial charge in [-0.25, -0.2) is 0 Å². The van der Waals surface area contributed by atoms with Gasteiger partial charge in [0.2, 0.25) is 0 Å². The summed E-state index contributed by atoms with van der Waals surface area (Å²) in [6, 6.07) is 14.7. The molecule has 0 spiro atoms. The van der Waals surface area contributed by atoms with Gasteiger partial charge in [0, 0.05) is 46.2 Å². The largest absolute Gasteiger partial charge is 0.379 e. The van der Waals surface area contributed by atoms with E-state index in [4.69, 9.17) is 28.4 Å². The van der Waals surface area contributed by atoms with Crippen molar-refractivity contribution >= 4 is 66.7 Å². The van der Waals surface area contributed by atoms with Gasteiger partial charge in [-0.3, -0.25) is 29.0 Å². The van der Waals surface area contributed by atoms with E-state index in [0.29, 0.717) is 85.9 Å². The first-order chi connectivity index (χ1) is 27.5. The molecule has 5 aromatic rings. The summed E-state index contributed by atoms with van der Waals surface area (Å²) in [4.78, 5) is 57.8. The van der Waals surface area contributed by atoms with Crippen molar-refractivity contribution in [1.82, 2.24) is 9.80 Å². The Morgan fingerprint density at radius 2 is 0.625 bits per heavy atom. The fraction of sp³-hybridized carbons (Fsp3) is 0.455. The molecule has 12 heteroatoms. The minimum absolute atomic E-state index is 0.116. The first-order valence-corrected chi connectivity index (χ1v) is 19.9. The molecule has 0 unspecified atom stereocenters. The number of nitrogens with zero attached hydrogens (tertiary/aromatic N) is 2. The minimum atomic E-state index is -0.369. The van der Waals surface area contributed by atoms with E-state index in [2.05, 4.69) is 13.8 Å². The highest BCUT2D eigenvalue weighted by Crippen LogP contribution is 2.46. The smallest absolute Gasteiger partial charge is 0.261 e. The lowest BCUT2D eigenvalue weighted by atomic mass is 9.82. The van der Waals surface area contributed by atoms with Crippen molar-refractivity contribution in [3.63, 3.8) is 0 Å². The predicted octanol–water partition coefficient (Wildman–Crippen LogP) is 6.63. The summed E-state index contributed by atoms with van der Waals surface area (Å²) in [6.07, 6.45) is 4.24. The maximum atomic E-state index is 13.8. The van der Waals surface area contributed by atoms with Crippen LogP contribution < -0.4 is 0 Å². The number of fused-ring (bicyclic) bond motifs is 2. The van der Waals surface area contributed by atoms with Crippen LogP contribution >= 0.6 is 0 Å². The van der Waals surface area contributed by atoms with E-state index in [1.165, 1.54) is 9.80 Å². The van der Waals surface area contributed by atoms with Crippen LogP contribution in [-0.2, 0) is 28.4 Å². The molecule has 0 fully saturated rings. The van der Waals surface area contributed by atoms with Gasteiger partial charge >= 0.3 is 0 Å². The van der Waals surface area contributed by atoms with Crippen molar-refractivity contribution < 1.29 is 47.6 Å². The van der Waals surface area contributed by atoms with E-state index in [0.717, 1.165) is 71.2 Å². The van der Waals surface area contributed by atoms with Gasteiger partial charge in [0.1, 0.15) is 0 Å². The highest BCUT2D eigenvalue weighted by Gasteiger charge is 2.36. The Morgan fingerprint density at radius 3 is 0.911 bits per heavy atom. The SMILES string of the molecule is CCCCOCCOCCOCCN1C(=O)c2ccc3c4ccc5c6c(ccc(c7ccc(c2c37)C1=O)c64)C(=O)N(CCOCCOCCOCCCC)C5=O. The van der Waals surface area contributed by atoms with E-state index in [-0.39, 0.29) is 49.9 Å². The number of imide groups is 2. The van der Waals surface area contributed by atoms with Crippen molar-refractivity contribution in [2.24, 2.45) is 0 Å². The molecule has 0 atom stereocenters. The third-order valence-electron chi connectivity index (χ3n) is 10.5. The molecule has 0 saturated heterocycles. The van der Waals surface area contributed by atoms with Crippen LogP contribution in [0, 0.1) is 0 Å². The molecule has 0 N–H and O–H groups in total. The van der Waals surface area contributed by atoms with Crippen LogP contribution in [0.5, 0.6) is 0 Å². The Hall–Kier alpha value is -4.56. The summed E-state index contributed by atoms with van der Waals surface area (Å²) in [5.74, 6) is -1.48. The van der Waals surface area contributed by atoms with Crippen LogP contribution in [0.4, 0.5) is 0 Å². The number of hydrogen-bond acceptors (Lipinski definition) is 10. The molecule has 0 saturated carbocycles. The normalized spacial score (nSPS) is 14.2.